The van der Waals surface area contributed by atoms with E-state index >= 15 is 0 Å². The molecule has 110 valence electrons. The summed E-state index contributed by atoms with van der Waals surface area (Å²) in [4.78, 5) is 24.2. The van der Waals surface area contributed by atoms with Crippen LogP contribution in [0.1, 0.15) is 41.0 Å². The highest BCUT2D eigenvalue weighted by molar-refractivity contribution is 6.74. The molecule has 6 heteroatoms. The second kappa shape index (κ2) is 5.24. The lowest BCUT2D eigenvalue weighted by Gasteiger charge is -2.47. The molecule has 1 amide bonds. The van der Waals surface area contributed by atoms with Crippen molar-refractivity contribution in [2.24, 2.45) is 0 Å². The first-order valence-corrected chi connectivity index (χ1v) is 9.53. The highest BCUT2D eigenvalue weighted by Gasteiger charge is 2.46. The van der Waals surface area contributed by atoms with Crippen LogP contribution in [0.5, 0.6) is 0 Å². The molecule has 0 N–H and O–H groups in total. The minimum atomic E-state index is -1.95. The Balaban J connectivity index is 2.69. The molecule has 2 atom stereocenters. The monoisotopic (exact) mass is 287 g/mol. The molecule has 1 rings (SSSR count). The van der Waals surface area contributed by atoms with Crippen molar-refractivity contribution in [1.29, 1.82) is 0 Å². The Morgan fingerprint density at radius 1 is 1.42 bits per heavy atom. The molecule has 0 aromatic carbocycles. The first kappa shape index (κ1) is 16.2. The van der Waals surface area contributed by atoms with Gasteiger partial charge in [-0.15, -0.1) is 0 Å². The number of carbonyl (C=O) groups excluding carboxylic acids is 2. The fourth-order valence-corrected chi connectivity index (χ4v) is 3.11. The van der Waals surface area contributed by atoms with Crippen LogP contribution in [-0.4, -0.2) is 37.5 Å². The predicted octanol–water partition coefficient (Wildman–Crippen LogP) is 2.48. The molecular weight excluding hydrogens is 262 g/mol. The smallest absolute Gasteiger partial charge is 0.304 e. The average molecular weight is 287 g/mol. The van der Waals surface area contributed by atoms with E-state index in [9.17, 15) is 9.59 Å². The van der Waals surface area contributed by atoms with Gasteiger partial charge in [-0.2, -0.15) is 0 Å². The highest BCUT2D eigenvalue weighted by Crippen LogP contribution is 2.38. The zero-order chi connectivity index (χ0) is 15.0. The van der Waals surface area contributed by atoms with Crippen LogP contribution in [0.15, 0.2) is 0 Å². The third-order valence-corrected chi connectivity index (χ3v) is 8.46. The fraction of sp³-hybridized carbons (Fsp3) is 0.846. The fourth-order valence-electron chi connectivity index (χ4n) is 1.79. The molecule has 0 spiro atoms. The molecule has 19 heavy (non-hydrogen) atoms. The molecule has 0 aliphatic carbocycles. The number of likely N-dealkylation sites (tertiary alicyclic amines) is 1. The van der Waals surface area contributed by atoms with Gasteiger partial charge in [-0.3, -0.25) is 14.5 Å². The van der Waals surface area contributed by atoms with Gasteiger partial charge in [0.25, 0.3) is 0 Å². The van der Waals surface area contributed by atoms with Crippen LogP contribution in [-0.2, 0) is 18.8 Å². The highest BCUT2D eigenvalue weighted by atomic mass is 28.4. The molecular formula is C13H25NO4Si. The number of rotatable bonds is 4. The second-order valence-corrected chi connectivity index (χ2v) is 11.3. The van der Waals surface area contributed by atoms with Crippen molar-refractivity contribution in [3.05, 3.63) is 0 Å². The first-order chi connectivity index (χ1) is 8.45. The van der Waals surface area contributed by atoms with E-state index in [0.29, 0.717) is 0 Å². The lowest BCUT2D eigenvalue weighted by atomic mass is 10.1. The van der Waals surface area contributed by atoms with Gasteiger partial charge >= 0.3 is 5.97 Å². The number of β-lactam (4-membered cyclic amide) rings is 1. The van der Waals surface area contributed by atoms with Crippen molar-refractivity contribution in [1.82, 2.24) is 4.90 Å². The van der Waals surface area contributed by atoms with Gasteiger partial charge < -0.3 is 9.16 Å². The van der Waals surface area contributed by atoms with Crippen molar-refractivity contribution >= 4 is 20.2 Å². The molecule has 1 aliphatic rings. The Morgan fingerprint density at radius 2 is 1.95 bits per heavy atom. The Hall–Kier alpha value is -0.883. The summed E-state index contributed by atoms with van der Waals surface area (Å²) in [7, 11) is -1.95. The lowest BCUT2D eigenvalue weighted by Crippen LogP contribution is -2.61. The minimum Gasteiger partial charge on any atom is -0.441 e. The standard InChI is InChI=1S/C13H25NO4Si/c1-9(18-19(6,7)13(3,4)5)14-11(16)8-12(14)17-10(2)15/h9,12H,8H2,1-7H3. The van der Waals surface area contributed by atoms with Gasteiger partial charge in [0, 0.05) is 6.92 Å². The van der Waals surface area contributed by atoms with E-state index in [1.807, 2.05) is 6.92 Å². The van der Waals surface area contributed by atoms with Gasteiger partial charge in [-0.05, 0) is 25.1 Å². The number of carbonyl (C=O) groups is 2. The van der Waals surface area contributed by atoms with Crippen molar-refractivity contribution in [2.75, 3.05) is 0 Å². The summed E-state index contributed by atoms with van der Waals surface area (Å²) in [5.74, 6) is -0.403. The average Bonchev–Trinajstić information content (AvgIpc) is 2.12. The van der Waals surface area contributed by atoms with E-state index in [0.717, 1.165) is 0 Å². The van der Waals surface area contributed by atoms with Gasteiger partial charge in [0.15, 0.2) is 14.5 Å². The summed E-state index contributed by atoms with van der Waals surface area (Å²) >= 11 is 0. The Labute approximate surface area is 116 Å². The molecule has 0 radical (unpaired) electrons. The maximum Gasteiger partial charge on any atom is 0.304 e. The summed E-state index contributed by atoms with van der Waals surface area (Å²) < 4.78 is 11.2. The van der Waals surface area contributed by atoms with Gasteiger partial charge in [-0.1, -0.05) is 20.8 Å². The Kier molecular flexibility index (Phi) is 4.46. The van der Waals surface area contributed by atoms with Crippen LogP contribution < -0.4 is 0 Å². The number of hydrogen-bond acceptors (Lipinski definition) is 4. The zero-order valence-corrected chi connectivity index (χ0v) is 13.9. The summed E-state index contributed by atoms with van der Waals surface area (Å²) in [6.07, 6.45) is -0.568. The molecule has 1 fully saturated rings. The molecule has 0 aromatic rings. The van der Waals surface area contributed by atoms with Gasteiger partial charge in [0.05, 0.1) is 6.42 Å². The molecule has 1 saturated heterocycles. The largest absolute Gasteiger partial charge is 0.441 e. The third-order valence-electron chi connectivity index (χ3n) is 3.91. The molecule has 2 unspecified atom stereocenters. The molecule has 1 heterocycles. The van der Waals surface area contributed by atoms with Gasteiger partial charge in [0.2, 0.25) is 5.91 Å². The lowest BCUT2D eigenvalue weighted by molar-refractivity contribution is -0.199. The van der Waals surface area contributed by atoms with Crippen LogP contribution in [0.4, 0.5) is 0 Å². The van der Waals surface area contributed by atoms with Crippen LogP contribution >= 0.6 is 0 Å². The molecule has 5 nitrogen and oxygen atoms in total. The van der Waals surface area contributed by atoms with E-state index in [2.05, 4.69) is 33.9 Å². The van der Waals surface area contributed by atoms with Crippen molar-refractivity contribution in [2.45, 2.75) is 71.6 Å². The van der Waals surface area contributed by atoms with Gasteiger partial charge in [0.1, 0.15) is 6.23 Å². The molecule has 1 aliphatic heterocycles. The Morgan fingerprint density at radius 3 is 2.32 bits per heavy atom. The summed E-state index contributed by atoms with van der Waals surface area (Å²) in [6.45, 7) is 13.9. The van der Waals surface area contributed by atoms with Crippen molar-refractivity contribution < 1.29 is 18.8 Å². The van der Waals surface area contributed by atoms with Gasteiger partial charge in [-0.25, -0.2) is 0 Å². The second-order valence-electron chi connectivity index (χ2n) is 6.55. The number of amides is 1. The molecule has 0 aromatic heterocycles. The van der Waals surface area contributed by atoms with Crippen molar-refractivity contribution in [3.8, 4) is 0 Å². The summed E-state index contributed by atoms with van der Waals surface area (Å²) in [5.41, 5.74) is 0. The number of nitrogens with zero attached hydrogens (tertiary/aromatic N) is 1. The number of hydrogen-bond donors (Lipinski definition) is 0. The SMILES string of the molecule is CC(=O)OC1CC(=O)N1C(C)O[Si](C)(C)C(C)(C)C. The molecule has 0 saturated carbocycles. The predicted molar refractivity (Wildman–Crippen MR) is 74.8 cm³/mol. The van der Waals surface area contributed by atoms with Crippen LogP contribution in [0, 0.1) is 0 Å². The normalized spacial score (nSPS) is 21.9. The maximum atomic E-state index is 11.7. The summed E-state index contributed by atoms with van der Waals surface area (Å²) in [5, 5.41) is 0.0755. The quantitative estimate of drug-likeness (QED) is 0.453. The van der Waals surface area contributed by atoms with Crippen LogP contribution in [0.3, 0.4) is 0 Å². The van der Waals surface area contributed by atoms with E-state index in [-0.39, 0.29) is 29.6 Å². The third kappa shape index (κ3) is 3.57. The first-order valence-electron chi connectivity index (χ1n) is 6.62. The zero-order valence-electron chi connectivity index (χ0n) is 12.9. The summed E-state index contributed by atoms with van der Waals surface area (Å²) in [6, 6.07) is 0. The number of ether oxygens (including phenoxy) is 1. The van der Waals surface area contributed by atoms with Crippen LogP contribution in [0.25, 0.3) is 0 Å². The number of esters is 1. The van der Waals surface area contributed by atoms with E-state index in [1.165, 1.54) is 11.8 Å². The van der Waals surface area contributed by atoms with Crippen LogP contribution in [0.2, 0.25) is 18.1 Å². The Bertz CT molecular complexity index is 375. The van der Waals surface area contributed by atoms with E-state index in [1.54, 1.807) is 0 Å². The van der Waals surface area contributed by atoms with Crippen molar-refractivity contribution in [3.63, 3.8) is 0 Å². The molecule has 0 bridgehead atoms. The van der Waals surface area contributed by atoms with E-state index < -0.39 is 14.5 Å². The minimum absolute atomic E-state index is 0.0301. The maximum absolute atomic E-state index is 11.7. The topological polar surface area (TPSA) is 55.8 Å². The van der Waals surface area contributed by atoms with E-state index in [4.69, 9.17) is 9.16 Å².